The SMILES string of the molecule is Cc1ccc(Oc2ccccc2NC(=O)CCNC(=O)CCC(=O)c2cccs2)cc1. The number of nitrogens with one attached hydrogen (secondary N) is 2. The topological polar surface area (TPSA) is 84.5 Å². The highest BCUT2D eigenvalue weighted by Gasteiger charge is 2.12. The summed E-state index contributed by atoms with van der Waals surface area (Å²) in [4.78, 5) is 36.8. The number of carbonyl (C=O) groups excluding carboxylic acids is 3. The summed E-state index contributed by atoms with van der Waals surface area (Å²) in [5.41, 5.74) is 1.69. The Morgan fingerprint density at radius 3 is 2.39 bits per heavy atom. The zero-order valence-corrected chi connectivity index (χ0v) is 18.0. The molecule has 0 aliphatic rings. The van der Waals surface area contributed by atoms with Crippen LogP contribution >= 0.6 is 11.3 Å². The van der Waals surface area contributed by atoms with Crippen LogP contribution in [0.25, 0.3) is 0 Å². The maximum absolute atomic E-state index is 12.3. The van der Waals surface area contributed by atoms with Crippen molar-refractivity contribution < 1.29 is 19.1 Å². The Kier molecular flexibility index (Phi) is 7.95. The van der Waals surface area contributed by atoms with Gasteiger partial charge in [0.05, 0.1) is 10.6 Å². The molecule has 0 aliphatic carbocycles. The van der Waals surface area contributed by atoms with E-state index in [1.165, 1.54) is 11.3 Å². The molecule has 31 heavy (non-hydrogen) atoms. The number of thiophene rings is 1. The van der Waals surface area contributed by atoms with Gasteiger partial charge in [0, 0.05) is 25.8 Å². The summed E-state index contributed by atoms with van der Waals surface area (Å²) in [5.74, 6) is 0.677. The molecular formula is C24H24N2O4S. The summed E-state index contributed by atoms with van der Waals surface area (Å²) in [5, 5.41) is 7.33. The summed E-state index contributed by atoms with van der Waals surface area (Å²) >= 11 is 1.36. The fourth-order valence-corrected chi connectivity index (χ4v) is 3.49. The first-order valence-electron chi connectivity index (χ1n) is 9.98. The molecule has 0 unspecified atom stereocenters. The number of para-hydroxylation sites is 2. The number of ketones is 1. The lowest BCUT2D eigenvalue weighted by molar-refractivity contribution is -0.121. The first-order chi connectivity index (χ1) is 15.0. The average molecular weight is 437 g/mol. The third kappa shape index (κ3) is 7.08. The Labute approximate surface area is 185 Å². The normalized spacial score (nSPS) is 10.4. The van der Waals surface area contributed by atoms with Gasteiger partial charge in [-0.15, -0.1) is 11.3 Å². The number of amides is 2. The van der Waals surface area contributed by atoms with Gasteiger partial charge in [-0.2, -0.15) is 0 Å². The van der Waals surface area contributed by atoms with Crippen molar-refractivity contribution in [3.05, 3.63) is 76.5 Å². The molecule has 0 fully saturated rings. The molecule has 6 nitrogen and oxygen atoms in total. The van der Waals surface area contributed by atoms with Crippen molar-refractivity contribution in [1.82, 2.24) is 5.32 Å². The Morgan fingerprint density at radius 2 is 1.65 bits per heavy atom. The zero-order valence-electron chi connectivity index (χ0n) is 17.2. The van der Waals surface area contributed by atoms with Crippen LogP contribution in [0.4, 0.5) is 5.69 Å². The standard InChI is InChI=1S/C24H24N2O4S/c1-17-8-10-18(11-9-17)30-21-6-3-2-5-19(21)26-24(29)14-15-25-23(28)13-12-20(27)22-7-4-16-31-22/h2-11,16H,12-15H2,1H3,(H,25,28)(H,26,29). The molecule has 2 aromatic carbocycles. The minimum absolute atomic E-state index is 0.0481. The van der Waals surface area contributed by atoms with E-state index in [0.717, 1.165) is 5.56 Å². The van der Waals surface area contributed by atoms with Crippen LogP contribution in [0.15, 0.2) is 66.0 Å². The number of hydrogen-bond acceptors (Lipinski definition) is 5. The van der Waals surface area contributed by atoms with E-state index in [4.69, 9.17) is 4.74 Å². The van der Waals surface area contributed by atoms with Crippen molar-refractivity contribution in [3.8, 4) is 11.5 Å². The maximum Gasteiger partial charge on any atom is 0.226 e. The van der Waals surface area contributed by atoms with Crippen LogP contribution < -0.4 is 15.4 Å². The summed E-state index contributed by atoms with van der Waals surface area (Å²) in [6, 6.07) is 18.4. The Morgan fingerprint density at radius 1 is 0.871 bits per heavy atom. The zero-order chi connectivity index (χ0) is 22.1. The molecule has 0 spiro atoms. The van der Waals surface area contributed by atoms with Crippen LogP contribution in [0.5, 0.6) is 11.5 Å². The van der Waals surface area contributed by atoms with Crippen LogP contribution in [-0.2, 0) is 9.59 Å². The van der Waals surface area contributed by atoms with Crippen LogP contribution in [0.3, 0.4) is 0 Å². The smallest absolute Gasteiger partial charge is 0.226 e. The van der Waals surface area contributed by atoms with E-state index in [2.05, 4.69) is 10.6 Å². The fourth-order valence-electron chi connectivity index (χ4n) is 2.80. The highest BCUT2D eigenvalue weighted by atomic mass is 32.1. The molecule has 3 rings (SSSR count). The number of anilines is 1. The van der Waals surface area contributed by atoms with Gasteiger partial charge in [0.1, 0.15) is 5.75 Å². The van der Waals surface area contributed by atoms with E-state index >= 15 is 0 Å². The number of Topliss-reactive ketones (excluding diaryl/α,β-unsaturated/α-hetero) is 1. The predicted octanol–water partition coefficient (Wildman–Crippen LogP) is 4.96. The number of benzene rings is 2. The molecule has 0 saturated heterocycles. The van der Waals surface area contributed by atoms with Crippen molar-refractivity contribution >= 4 is 34.6 Å². The number of carbonyl (C=O) groups is 3. The van der Waals surface area contributed by atoms with Crippen molar-refractivity contribution in [2.24, 2.45) is 0 Å². The number of aryl methyl sites for hydroxylation is 1. The van der Waals surface area contributed by atoms with Crippen LogP contribution in [0, 0.1) is 6.92 Å². The first kappa shape index (κ1) is 22.2. The average Bonchev–Trinajstić information content (AvgIpc) is 3.30. The van der Waals surface area contributed by atoms with Gasteiger partial charge in [-0.1, -0.05) is 35.9 Å². The number of ether oxygens (including phenoxy) is 1. The van der Waals surface area contributed by atoms with Crippen LogP contribution in [-0.4, -0.2) is 24.1 Å². The van der Waals surface area contributed by atoms with Crippen molar-refractivity contribution in [3.63, 3.8) is 0 Å². The van der Waals surface area contributed by atoms with Gasteiger partial charge in [0.25, 0.3) is 0 Å². The molecule has 0 radical (unpaired) electrons. The van der Waals surface area contributed by atoms with Crippen LogP contribution in [0.2, 0.25) is 0 Å². The molecule has 1 aromatic heterocycles. The van der Waals surface area contributed by atoms with Crippen LogP contribution in [0.1, 0.15) is 34.5 Å². The van der Waals surface area contributed by atoms with E-state index in [-0.39, 0.29) is 43.4 Å². The highest BCUT2D eigenvalue weighted by Crippen LogP contribution is 2.29. The van der Waals surface area contributed by atoms with Gasteiger partial charge in [0.15, 0.2) is 11.5 Å². The highest BCUT2D eigenvalue weighted by molar-refractivity contribution is 7.12. The van der Waals surface area contributed by atoms with Crippen molar-refractivity contribution in [2.75, 3.05) is 11.9 Å². The van der Waals surface area contributed by atoms with Gasteiger partial charge >= 0.3 is 0 Å². The second-order valence-electron chi connectivity index (χ2n) is 6.96. The molecule has 0 saturated carbocycles. The first-order valence-corrected chi connectivity index (χ1v) is 10.9. The molecule has 3 aromatic rings. The minimum Gasteiger partial charge on any atom is -0.455 e. The molecule has 160 valence electrons. The lowest BCUT2D eigenvalue weighted by Crippen LogP contribution is -2.27. The molecular weight excluding hydrogens is 412 g/mol. The van der Waals surface area contributed by atoms with E-state index in [1.807, 2.05) is 48.7 Å². The monoisotopic (exact) mass is 436 g/mol. The largest absolute Gasteiger partial charge is 0.455 e. The molecule has 2 N–H and O–H groups in total. The Balaban J connectivity index is 1.43. The Hall–Kier alpha value is -3.45. The van der Waals surface area contributed by atoms with Gasteiger partial charge in [0.2, 0.25) is 11.8 Å². The summed E-state index contributed by atoms with van der Waals surface area (Å²) in [7, 11) is 0. The second kappa shape index (κ2) is 11.1. The number of hydrogen-bond donors (Lipinski definition) is 2. The lowest BCUT2D eigenvalue weighted by atomic mass is 10.2. The van der Waals surface area contributed by atoms with E-state index in [9.17, 15) is 14.4 Å². The van der Waals surface area contributed by atoms with Gasteiger partial charge in [-0.3, -0.25) is 14.4 Å². The Bertz CT molecular complexity index is 1030. The summed E-state index contributed by atoms with van der Waals surface area (Å²) in [6.07, 6.45) is 0.372. The second-order valence-corrected chi connectivity index (χ2v) is 7.91. The van der Waals surface area contributed by atoms with Gasteiger partial charge in [-0.05, 0) is 42.6 Å². The molecule has 2 amide bonds. The summed E-state index contributed by atoms with van der Waals surface area (Å²) in [6.45, 7) is 2.19. The van der Waals surface area contributed by atoms with Gasteiger partial charge < -0.3 is 15.4 Å². The molecule has 0 bridgehead atoms. The third-order valence-corrected chi connectivity index (χ3v) is 5.37. The maximum atomic E-state index is 12.3. The molecule has 0 aliphatic heterocycles. The summed E-state index contributed by atoms with van der Waals surface area (Å²) < 4.78 is 5.88. The molecule has 7 heteroatoms. The third-order valence-electron chi connectivity index (χ3n) is 4.46. The lowest BCUT2D eigenvalue weighted by Gasteiger charge is -2.12. The van der Waals surface area contributed by atoms with E-state index in [0.29, 0.717) is 22.1 Å². The van der Waals surface area contributed by atoms with Crippen molar-refractivity contribution in [2.45, 2.75) is 26.2 Å². The van der Waals surface area contributed by atoms with Crippen molar-refractivity contribution in [1.29, 1.82) is 0 Å². The van der Waals surface area contributed by atoms with E-state index < -0.39 is 0 Å². The minimum atomic E-state index is -0.249. The fraction of sp³-hybridized carbons (Fsp3) is 0.208. The predicted molar refractivity (Wildman–Crippen MR) is 122 cm³/mol. The number of rotatable bonds is 10. The quantitative estimate of drug-likeness (QED) is 0.440. The molecule has 1 heterocycles. The van der Waals surface area contributed by atoms with E-state index in [1.54, 1.807) is 24.3 Å². The van der Waals surface area contributed by atoms with Gasteiger partial charge in [-0.25, -0.2) is 0 Å². The molecule has 0 atom stereocenters.